The SMILES string of the molecule is CCn1c(-c2ccncc2)nn(CN2CCC(CCc3ccc(C)cc3)CC2)c1=S. The lowest BCUT2D eigenvalue weighted by atomic mass is 9.90. The standard InChI is InChI=1S/C24H31N5S/c1-3-28-23(22-10-14-25-15-11-22)26-29(24(28)30)18-27-16-12-21(13-17-27)9-8-20-6-4-19(2)5-7-20/h4-7,10-11,14-15,21H,3,8-9,12-13,16-18H2,1-2H3. The van der Waals surface area contributed by atoms with Crippen molar-refractivity contribution in [2.75, 3.05) is 13.1 Å². The average Bonchev–Trinajstić information content (AvgIpc) is 3.10. The van der Waals surface area contributed by atoms with Crippen LogP contribution in [0.1, 0.15) is 37.3 Å². The highest BCUT2D eigenvalue weighted by Gasteiger charge is 2.21. The molecule has 0 atom stereocenters. The Morgan fingerprint density at radius 2 is 1.73 bits per heavy atom. The van der Waals surface area contributed by atoms with Crippen LogP contribution < -0.4 is 0 Å². The average molecular weight is 422 g/mol. The molecule has 0 radical (unpaired) electrons. The van der Waals surface area contributed by atoms with Crippen molar-refractivity contribution in [3.8, 4) is 11.4 Å². The van der Waals surface area contributed by atoms with Gasteiger partial charge < -0.3 is 4.57 Å². The second kappa shape index (κ2) is 9.67. The van der Waals surface area contributed by atoms with Crippen LogP contribution in [0.4, 0.5) is 0 Å². The largest absolute Gasteiger partial charge is 0.300 e. The summed E-state index contributed by atoms with van der Waals surface area (Å²) in [7, 11) is 0. The van der Waals surface area contributed by atoms with Crippen LogP contribution in [-0.2, 0) is 19.6 Å². The van der Waals surface area contributed by atoms with E-state index >= 15 is 0 Å². The Morgan fingerprint density at radius 3 is 2.40 bits per heavy atom. The smallest absolute Gasteiger partial charge is 0.199 e. The number of nitrogens with zero attached hydrogens (tertiary/aromatic N) is 5. The van der Waals surface area contributed by atoms with E-state index in [1.54, 1.807) is 12.4 Å². The van der Waals surface area contributed by atoms with E-state index in [9.17, 15) is 0 Å². The third-order valence-corrected chi connectivity index (χ3v) is 6.61. The Hall–Kier alpha value is -2.31. The number of piperidine rings is 1. The Balaban J connectivity index is 1.34. The quantitative estimate of drug-likeness (QED) is 0.497. The monoisotopic (exact) mass is 421 g/mol. The summed E-state index contributed by atoms with van der Waals surface area (Å²) in [6.45, 7) is 8.08. The maximum absolute atomic E-state index is 5.73. The lowest BCUT2D eigenvalue weighted by Gasteiger charge is -2.31. The van der Waals surface area contributed by atoms with E-state index < -0.39 is 0 Å². The van der Waals surface area contributed by atoms with Gasteiger partial charge in [-0.05, 0) is 75.4 Å². The van der Waals surface area contributed by atoms with Crippen molar-refractivity contribution in [1.29, 1.82) is 0 Å². The van der Waals surface area contributed by atoms with Gasteiger partial charge in [0.15, 0.2) is 10.6 Å². The van der Waals surface area contributed by atoms with Crippen LogP contribution in [0.25, 0.3) is 11.4 Å². The van der Waals surface area contributed by atoms with Gasteiger partial charge in [-0.25, -0.2) is 4.68 Å². The van der Waals surface area contributed by atoms with Crippen LogP contribution in [0.15, 0.2) is 48.8 Å². The minimum absolute atomic E-state index is 0.772. The van der Waals surface area contributed by atoms with Gasteiger partial charge in [0.05, 0.1) is 6.67 Å². The highest BCUT2D eigenvalue weighted by molar-refractivity contribution is 7.71. The van der Waals surface area contributed by atoms with Crippen molar-refractivity contribution in [2.24, 2.45) is 5.92 Å². The molecular formula is C24H31N5S. The topological polar surface area (TPSA) is 38.9 Å². The van der Waals surface area contributed by atoms with Crippen LogP contribution in [0.2, 0.25) is 0 Å². The van der Waals surface area contributed by atoms with E-state index in [2.05, 4.69) is 52.6 Å². The van der Waals surface area contributed by atoms with Gasteiger partial charge in [0.1, 0.15) is 0 Å². The summed E-state index contributed by atoms with van der Waals surface area (Å²) < 4.78 is 4.89. The molecule has 0 aliphatic carbocycles. The minimum atomic E-state index is 0.772. The van der Waals surface area contributed by atoms with E-state index in [1.807, 2.05) is 16.8 Å². The number of likely N-dealkylation sites (tertiary alicyclic amines) is 1. The molecule has 0 N–H and O–H groups in total. The summed E-state index contributed by atoms with van der Waals surface area (Å²) >= 11 is 5.73. The number of hydrogen-bond acceptors (Lipinski definition) is 4. The highest BCUT2D eigenvalue weighted by Crippen LogP contribution is 2.24. The van der Waals surface area contributed by atoms with E-state index in [4.69, 9.17) is 17.3 Å². The van der Waals surface area contributed by atoms with Crippen LogP contribution >= 0.6 is 12.2 Å². The first-order valence-electron chi connectivity index (χ1n) is 11.0. The van der Waals surface area contributed by atoms with Gasteiger partial charge in [-0.15, -0.1) is 0 Å². The molecular weight excluding hydrogens is 390 g/mol. The molecule has 1 aliphatic heterocycles. The fourth-order valence-corrected chi connectivity index (χ4v) is 4.58. The molecule has 0 amide bonds. The van der Waals surface area contributed by atoms with Crippen LogP contribution in [-0.4, -0.2) is 37.3 Å². The molecule has 1 fully saturated rings. The molecule has 4 rings (SSSR count). The zero-order valence-electron chi connectivity index (χ0n) is 18.0. The Bertz CT molecular complexity index is 998. The van der Waals surface area contributed by atoms with Gasteiger partial charge in [-0.2, -0.15) is 5.10 Å². The van der Waals surface area contributed by atoms with Crippen LogP contribution in [0.3, 0.4) is 0 Å². The summed E-state index contributed by atoms with van der Waals surface area (Å²) in [5.74, 6) is 1.74. The fourth-order valence-electron chi connectivity index (χ4n) is 4.26. The van der Waals surface area contributed by atoms with Gasteiger partial charge in [0, 0.05) is 37.6 Å². The number of aryl methyl sites for hydroxylation is 2. The third-order valence-electron chi connectivity index (χ3n) is 6.18. The summed E-state index contributed by atoms with van der Waals surface area (Å²) in [5, 5.41) is 4.85. The molecule has 5 nitrogen and oxygen atoms in total. The van der Waals surface area contributed by atoms with E-state index in [0.29, 0.717) is 0 Å². The second-order valence-electron chi connectivity index (χ2n) is 8.31. The number of hydrogen-bond donors (Lipinski definition) is 0. The van der Waals surface area contributed by atoms with Crippen LogP contribution in [0, 0.1) is 17.6 Å². The molecule has 6 heteroatoms. The molecule has 30 heavy (non-hydrogen) atoms. The molecule has 1 aliphatic rings. The second-order valence-corrected chi connectivity index (χ2v) is 8.68. The highest BCUT2D eigenvalue weighted by atomic mass is 32.1. The van der Waals surface area contributed by atoms with Crippen LogP contribution in [0.5, 0.6) is 0 Å². The summed E-state index contributed by atoms with van der Waals surface area (Å²) in [5.41, 5.74) is 3.86. The maximum Gasteiger partial charge on any atom is 0.199 e. The van der Waals surface area contributed by atoms with Crippen molar-refractivity contribution in [3.63, 3.8) is 0 Å². The predicted octanol–water partition coefficient (Wildman–Crippen LogP) is 5.11. The minimum Gasteiger partial charge on any atom is -0.300 e. The zero-order valence-corrected chi connectivity index (χ0v) is 18.8. The summed E-state index contributed by atoms with van der Waals surface area (Å²) in [6.07, 6.45) is 8.59. The van der Waals surface area contributed by atoms with Crippen molar-refractivity contribution < 1.29 is 0 Å². The van der Waals surface area contributed by atoms with Crippen molar-refractivity contribution >= 4 is 12.2 Å². The van der Waals surface area contributed by atoms with Crippen molar-refractivity contribution in [2.45, 2.75) is 52.7 Å². The Morgan fingerprint density at radius 1 is 1.03 bits per heavy atom. The molecule has 158 valence electrons. The van der Waals surface area contributed by atoms with E-state index in [-0.39, 0.29) is 0 Å². The first-order chi connectivity index (χ1) is 14.6. The number of rotatable bonds is 7. The fraction of sp³-hybridized carbons (Fsp3) is 0.458. The Kier molecular flexibility index (Phi) is 6.75. The normalized spacial score (nSPS) is 15.5. The van der Waals surface area contributed by atoms with E-state index in [0.717, 1.165) is 48.4 Å². The van der Waals surface area contributed by atoms with Gasteiger partial charge in [-0.3, -0.25) is 9.88 Å². The Labute approximate surface area is 184 Å². The number of benzene rings is 1. The lowest BCUT2D eigenvalue weighted by Crippen LogP contribution is -2.35. The van der Waals surface area contributed by atoms with Gasteiger partial charge in [0.25, 0.3) is 0 Å². The van der Waals surface area contributed by atoms with Gasteiger partial charge in [-0.1, -0.05) is 29.8 Å². The molecule has 0 unspecified atom stereocenters. The van der Waals surface area contributed by atoms with Crippen molar-refractivity contribution in [1.82, 2.24) is 24.2 Å². The third kappa shape index (κ3) is 4.87. The van der Waals surface area contributed by atoms with Gasteiger partial charge >= 0.3 is 0 Å². The van der Waals surface area contributed by atoms with Crippen molar-refractivity contribution in [3.05, 3.63) is 64.7 Å². The molecule has 0 saturated carbocycles. The first-order valence-corrected chi connectivity index (χ1v) is 11.4. The summed E-state index contributed by atoms with van der Waals surface area (Å²) in [6, 6.07) is 13.0. The lowest BCUT2D eigenvalue weighted by molar-refractivity contribution is 0.136. The maximum atomic E-state index is 5.73. The molecule has 3 aromatic rings. The molecule has 0 spiro atoms. The zero-order chi connectivity index (χ0) is 20.9. The van der Waals surface area contributed by atoms with Gasteiger partial charge in [0.2, 0.25) is 0 Å². The summed E-state index contributed by atoms with van der Waals surface area (Å²) in [4.78, 5) is 6.60. The first kappa shape index (κ1) is 20.9. The molecule has 1 saturated heterocycles. The molecule has 3 heterocycles. The number of pyridine rings is 1. The molecule has 1 aromatic carbocycles. The molecule has 2 aromatic heterocycles. The predicted molar refractivity (Wildman–Crippen MR) is 124 cm³/mol. The van der Waals surface area contributed by atoms with E-state index in [1.165, 1.54) is 36.8 Å². The number of aromatic nitrogens is 4. The molecule has 0 bridgehead atoms.